The van der Waals surface area contributed by atoms with Gasteiger partial charge in [-0.15, -0.1) is 0 Å². The maximum atomic E-state index is 12.0. The lowest BCUT2D eigenvalue weighted by atomic mass is 10.1. The summed E-state index contributed by atoms with van der Waals surface area (Å²) >= 11 is 0. The van der Waals surface area contributed by atoms with Gasteiger partial charge in [-0.25, -0.2) is 4.79 Å². The number of urea groups is 1. The van der Waals surface area contributed by atoms with E-state index >= 15 is 0 Å². The van der Waals surface area contributed by atoms with E-state index in [1.54, 1.807) is 24.3 Å². The summed E-state index contributed by atoms with van der Waals surface area (Å²) in [5.74, 6) is -0.946. The summed E-state index contributed by atoms with van der Waals surface area (Å²) in [5, 5.41) is 20.9. The zero-order valence-electron chi connectivity index (χ0n) is 10.4. The summed E-state index contributed by atoms with van der Waals surface area (Å²) in [7, 11) is 0. The maximum absolute atomic E-state index is 12.0. The molecule has 1 aliphatic heterocycles. The second-order valence-corrected chi connectivity index (χ2v) is 4.55. The van der Waals surface area contributed by atoms with E-state index in [2.05, 4.69) is 5.32 Å². The summed E-state index contributed by atoms with van der Waals surface area (Å²) < 4.78 is 0. The number of carboxylic acids is 1. The van der Waals surface area contributed by atoms with Crippen molar-refractivity contribution in [1.82, 2.24) is 4.90 Å². The first-order valence-electron chi connectivity index (χ1n) is 6.10. The standard InChI is InChI=1S/C13H16N2O4/c16-10-5-6-15(8-10)13(19)14-11-4-2-1-3-9(11)7-12(17)18/h1-4,10,16H,5-8H2,(H,14,19)(H,17,18). The van der Waals surface area contributed by atoms with Gasteiger partial charge in [-0.2, -0.15) is 0 Å². The predicted molar refractivity (Wildman–Crippen MR) is 69.0 cm³/mol. The van der Waals surface area contributed by atoms with Crippen LogP contribution in [0, 0.1) is 0 Å². The number of carboxylic acid groups (broad SMARTS) is 1. The fraction of sp³-hybridized carbons (Fsp3) is 0.385. The summed E-state index contributed by atoms with van der Waals surface area (Å²) in [6.07, 6.45) is -0.0384. The van der Waals surface area contributed by atoms with Crippen LogP contribution in [0.4, 0.5) is 10.5 Å². The average Bonchev–Trinajstić information content (AvgIpc) is 2.78. The van der Waals surface area contributed by atoms with Gasteiger partial charge in [-0.1, -0.05) is 18.2 Å². The number of nitrogens with zero attached hydrogens (tertiary/aromatic N) is 1. The van der Waals surface area contributed by atoms with Crippen molar-refractivity contribution >= 4 is 17.7 Å². The number of nitrogens with one attached hydrogen (secondary N) is 1. The molecular weight excluding hydrogens is 248 g/mol. The van der Waals surface area contributed by atoms with Gasteiger partial charge in [0.15, 0.2) is 0 Å². The normalized spacial score (nSPS) is 18.4. The monoisotopic (exact) mass is 264 g/mol. The molecule has 6 nitrogen and oxygen atoms in total. The van der Waals surface area contributed by atoms with Gasteiger partial charge in [0.05, 0.1) is 12.5 Å². The number of β-amino-alcohol motifs (C(OH)–C–C–N with tert-alkyl or cyclic N) is 1. The molecule has 1 heterocycles. The number of rotatable bonds is 3. The van der Waals surface area contributed by atoms with Crippen LogP contribution in [0.25, 0.3) is 0 Å². The van der Waals surface area contributed by atoms with Gasteiger partial charge in [0, 0.05) is 18.8 Å². The highest BCUT2D eigenvalue weighted by Crippen LogP contribution is 2.18. The minimum atomic E-state index is -0.946. The van der Waals surface area contributed by atoms with Gasteiger partial charge in [0.2, 0.25) is 0 Å². The number of aliphatic hydroxyl groups excluding tert-OH is 1. The van der Waals surface area contributed by atoms with Crippen molar-refractivity contribution in [2.45, 2.75) is 18.9 Å². The summed E-state index contributed by atoms with van der Waals surface area (Å²) in [4.78, 5) is 24.2. The molecule has 0 spiro atoms. The molecule has 2 rings (SSSR count). The zero-order valence-corrected chi connectivity index (χ0v) is 10.4. The molecule has 1 fully saturated rings. The number of hydrogen-bond acceptors (Lipinski definition) is 3. The lowest BCUT2D eigenvalue weighted by Crippen LogP contribution is -2.33. The molecule has 1 aromatic carbocycles. The molecule has 0 saturated carbocycles. The van der Waals surface area contributed by atoms with Crippen molar-refractivity contribution in [3.8, 4) is 0 Å². The highest BCUT2D eigenvalue weighted by atomic mass is 16.4. The van der Waals surface area contributed by atoms with Crippen LogP contribution < -0.4 is 5.32 Å². The Hall–Kier alpha value is -2.08. The van der Waals surface area contributed by atoms with Crippen LogP contribution in [-0.4, -0.2) is 46.3 Å². The van der Waals surface area contributed by atoms with E-state index in [1.165, 1.54) is 4.90 Å². The second-order valence-electron chi connectivity index (χ2n) is 4.55. The molecule has 102 valence electrons. The van der Waals surface area contributed by atoms with Crippen molar-refractivity contribution in [1.29, 1.82) is 0 Å². The molecule has 0 aromatic heterocycles. The number of anilines is 1. The number of hydrogen-bond donors (Lipinski definition) is 3. The summed E-state index contributed by atoms with van der Waals surface area (Å²) in [6.45, 7) is 0.820. The van der Waals surface area contributed by atoms with E-state index in [1.807, 2.05) is 0 Å². The van der Waals surface area contributed by atoms with Crippen molar-refractivity contribution in [3.63, 3.8) is 0 Å². The number of aliphatic hydroxyl groups is 1. The Morgan fingerprint density at radius 1 is 1.37 bits per heavy atom. The molecule has 1 aliphatic rings. The molecule has 0 aliphatic carbocycles. The van der Waals surface area contributed by atoms with Crippen LogP contribution in [0.1, 0.15) is 12.0 Å². The van der Waals surface area contributed by atoms with Gasteiger partial charge < -0.3 is 20.4 Å². The first-order chi connectivity index (χ1) is 9.06. The first-order valence-corrected chi connectivity index (χ1v) is 6.10. The van der Waals surface area contributed by atoms with Crippen LogP contribution in [0.15, 0.2) is 24.3 Å². The minimum Gasteiger partial charge on any atom is -0.481 e. The Labute approximate surface area is 110 Å². The van der Waals surface area contributed by atoms with E-state index in [-0.39, 0.29) is 12.5 Å². The van der Waals surface area contributed by atoms with E-state index in [4.69, 9.17) is 5.11 Å². The summed E-state index contributed by atoms with van der Waals surface area (Å²) in [5.41, 5.74) is 1.05. The molecule has 1 unspecified atom stereocenters. The van der Waals surface area contributed by atoms with Crippen molar-refractivity contribution < 1.29 is 19.8 Å². The Morgan fingerprint density at radius 2 is 2.11 bits per heavy atom. The van der Waals surface area contributed by atoms with E-state index in [9.17, 15) is 14.7 Å². The zero-order chi connectivity index (χ0) is 13.8. The lowest BCUT2D eigenvalue weighted by Gasteiger charge is -2.17. The largest absolute Gasteiger partial charge is 0.481 e. The van der Waals surface area contributed by atoms with Gasteiger partial charge in [0.25, 0.3) is 0 Å². The van der Waals surface area contributed by atoms with E-state index in [0.717, 1.165) is 0 Å². The minimum absolute atomic E-state index is 0.140. The van der Waals surface area contributed by atoms with Crippen LogP contribution >= 0.6 is 0 Å². The number of likely N-dealkylation sites (tertiary alicyclic amines) is 1. The molecule has 1 saturated heterocycles. The van der Waals surface area contributed by atoms with Crippen LogP contribution in [-0.2, 0) is 11.2 Å². The van der Waals surface area contributed by atoms with Crippen LogP contribution in [0.2, 0.25) is 0 Å². The number of carbonyl (C=O) groups excluding carboxylic acids is 1. The third-order valence-electron chi connectivity index (χ3n) is 3.05. The van der Waals surface area contributed by atoms with Crippen LogP contribution in [0.5, 0.6) is 0 Å². The first kappa shape index (κ1) is 13.4. The molecular formula is C13H16N2O4. The van der Waals surface area contributed by atoms with E-state index < -0.39 is 12.1 Å². The number of aliphatic carboxylic acids is 1. The van der Waals surface area contributed by atoms with Crippen molar-refractivity contribution in [2.75, 3.05) is 18.4 Å². The topological polar surface area (TPSA) is 89.9 Å². The fourth-order valence-electron chi connectivity index (χ4n) is 2.08. The molecule has 1 aromatic rings. The highest BCUT2D eigenvalue weighted by molar-refractivity contribution is 5.91. The smallest absolute Gasteiger partial charge is 0.321 e. The van der Waals surface area contributed by atoms with Gasteiger partial charge in [0.1, 0.15) is 0 Å². The van der Waals surface area contributed by atoms with E-state index in [0.29, 0.717) is 30.8 Å². The molecule has 3 N–H and O–H groups in total. The molecule has 2 amide bonds. The quantitative estimate of drug-likeness (QED) is 0.757. The van der Waals surface area contributed by atoms with Crippen LogP contribution in [0.3, 0.4) is 0 Å². The third kappa shape index (κ3) is 3.45. The van der Waals surface area contributed by atoms with Gasteiger partial charge in [-0.3, -0.25) is 4.79 Å². The highest BCUT2D eigenvalue weighted by Gasteiger charge is 2.24. The van der Waals surface area contributed by atoms with Crippen molar-refractivity contribution in [2.24, 2.45) is 0 Å². The second kappa shape index (κ2) is 5.71. The number of benzene rings is 1. The van der Waals surface area contributed by atoms with Crippen molar-refractivity contribution in [3.05, 3.63) is 29.8 Å². The maximum Gasteiger partial charge on any atom is 0.321 e. The Morgan fingerprint density at radius 3 is 2.74 bits per heavy atom. The Bertz CT molecular complexity index is 489. The Balaban J connectivity index is 2.06. The average molecular weight is 264 g/mol. The SMILES string of the molecule is O=C(O)Cc1ccccc1NC(=O)N1CCC(O)C1. The Kier molecular flexibility index (Phi) is 4.01. The molecule has 0 bridgehead atoms. The number of carbonyl (C=O) groups is 2. The molecule has 1 atom stereocenters. The predicted octanol–water partition coefficient (Wildman–Crippen LogP) is 0.912. The molecule has 19 heavy (non-hydrogen) atoms. The van der Waals surface area contributed by atoms with Gasteiger partial charge >= 0.3 is 12.0 Å². The third-order valence-corrected chi connectivity index (χ3v) is 3.05. The summed E-state index contributed by atoms with van der Waals surface area (Å²) in [6, 6.07) is 6.49. The number of para-hydroxylation sites is 1. The lowest BCUT2D eigenvalue weighted by molar-refractivity contribution is -0.136. The molecule has 6 heteroatoms. The fourth-order valence-corrected chi connectivity index (χ4v) is 2.08. The number of amides is 2. The molecule has 0 radical (unpaired) electrons. The van der Waals surface area contributed by atoms with Gasteiger partial charge in [-0.05, 0) is 18.1 Å².